The average Bonchev–Trinajstić information content (AvgIpc) is 3.04. The third-order valence-electron chi connectivity index (χ3n) is 4.72. The molecule has 0 saturated heterocycles. The molecule has 0 fully saturated rings. The number of aromatic hydroxyl groups is 1. The van der Waals surface area contributed by atoms with E-state index in [-0.39, 0.29) is 11.7 Å². The predicted octanol–water partition coefficient (Wildman–Crippen LogP) is 2.29. The number of amides is 1. The highest BCUT2D eigenvalue weighted by molar-refractivity contribution is 5.97. The van der Waals surface area contributed by atoms with E-state index in [9.17, 15) is 9.90 Å². The third-order valence-corrected chi connectivity index (χ3v) is 4.72. The molecular formula is C19H20N4O2. The van der Waals surface area contributed by atoms with E-state index in [1.807, 2.05) is 34.9 Å². The molecule has 6 heteroatoms. The molecule has 25 heavy (non-hydrogen) atoms. The maximum Gasteiger partial charge on any atom is 0.255 e. The first-order valence-electron chi connectivity index (χ1n) is 8.64. The molecule has 0 atom stereocenters. The SMILES string of the molecule is O=C(NCCc1nnc2ccccn12)c1cc2c(cc1O)CCCC2. The highest BCUT2D eigenvalue weighted by Crippen LogP contribution is 2.28. The predicted molar refractivity (Wildman–Crippen MR) is 93.8 cm³/mol. The standard InChI is InChI=1S/C19H20N4O2/c24-16-12-14-6-2-1-5-13(14)11-15(16)19(25)20-9-8-18-22-21-17-7-3-4-10-23(17)18/h3-4,7,10-12,24H,1-2,5-6,8-9H2,(H,20,25). The summed E-state index contributed by atoms with van der Waals surface area (Å²) in [6.45, 7) is 0.436. The van der Waals surface area contributed by atoms with Gasteiger partial charge in [-0.05, 0) is 61.1 Å². The van der Waals surface area contributed by atoms with Gasteiger partial charge in [-0.3, -0.25) is 9.20 Å². The van der Waals surface area contributed by atoms with Crippen molar-refractivity contribution in [3.05, 3.63) is 59.0 Å². The topological polar surface area (TPSA) is 79.5 Å². The van der Waals surface area contributed by atoms with Crippen LogP contribution in [0.1, 0.15) is 40.2 Å². The van der Waals surface area contributed by atoms with E-state index in [1.54, 1.807) is 6.07 Å². The molecule has 4 rings (SSSR count). The first-order chi connectivity index (χ1) is 12.2. The summed E-state index contributed by atoms with van der Waals surface area (Å²) in [4.78, 5) is 12.4. The van der Waals surface area contributed by atoms with Gasteiger partial charge in [-0.25, -0.2) is 0 Å². The van der Waals surface area contributed by atoms with Crippen LogP contribution < -0.4 is 5.32 Å². The number of rotatable bonds is 4. The van der Waals surface area contributed by atoms with E-state index in [1.165, 1.54) is 5.56 Å². The number of phenols is 1. The lowest BCUT2D eigenvalue weighted by Crippen LogP contribution is -2.26. The van der Waals surface area contributed by atoms with Crippen LogP contribution in [0, 0.1) is 0 Å². The van der Waals surface area contributed by atoms with Gasteiger partial charge in [0, 0.05) is 19.2 Å². The largest absolute Gasteiger partial charge is 0.507 e. The summed E-state index contributed by atoms with van der Waals surface area (Å²) >= 11 is 0. The quantitative estimate of drug-likeness (QED) is 0.766. The van der Waals surface area contributed by atoms with Crippen LogP contribution >= 0.6 is 0 Å². The zero-order valence-corrected chi connectivity index (χ0v) is 13.9. The number of fused-ring (bicyclic) bond motifs is 2. The van der Waals surface area contributed by atoms with Crippen molar-refractivity contribution < 1.29 is 9.90 Å². The number of hydrogen-bond acceptors (Lipinski definition) is 4. The number of pyridine rings is 1. The minimum atomic E-state index is -0.250. The molecule has 6 nitrogen and oxygen atoms in total. The lowest BCUT2D eigenvalue weighted by atomic mass is 9.90. The molecule has 0 aliphatic heterocycles. The van der Waals surface area contributed by atoms with E-state index in [0.717, 1.165) is 42.7 Å². The van der Waals surface area contributed by atoms with Gasteiger partial charge in [0.1, 0.15) is 11.6 Å². The Balaban J connectivity index is 1.44. The number of carbonyl (C=O) groups is 1. The van der Waals surface area contributed by atoms with Gasteiger partial charge in [-0.15, -0.1) is 10.2 Å². The maximum absolute atomic E-state index is 12.4. The maximum atomic E-state index is 12.4. The van der Waals surface area contributed by atoms with Crippen LogP contribution in [0.4, 0.5) is 0 Å². The fraction of sp³-hybridized carbons (Fsp3) is 0.316. The molecule has 2 N–H and O–H groups in total. The van der Waals surface area contributed by atoms with Crippen molar-refractivity contribution in [3.63, 3.8) is 0 Å². The normalized spacial score (nSPS) is 13.6. The minimum Gasteiger partial charge on any atom is -0.507 e. The van der Waals surface area contributed by atoms with Gasteiger partial charge >= 0.3 is 0 Å². The summed E-state index contributed by atoms with van der Waals surface area (Å²) in [5, 5.41) is 21.3. The molecule has 128 valence electrons. The molecule has 0 saturated carbocycles. The zero-order chi connectivity index (χ0) is 17.2. The Kier molecular flexibility index (Phi) is 4.09. The van der Waals surface area contributed by atoms with Crippen molar-refractivity contribution in [1.29, 1.82) is 0 Å². The van der Waals surface area contributed by atoms with Crippen LogP contribution in [0.5, 0.6) is 5.75 Å². The molecule has 2 aromatic heterocycles. The number of nitrogens with one attached hydrogen (secondary N) is 1. The van der Waals surface area contributed by atoms with Gasteiger partial charge in [0.25, 0.3) is 5.91 Å². The molecule has 0 radical (unpaired) electrons. The molecule has 2 heterocycles. The van der Waals surface area contributed by atoms with E-state index >= 15 is 0 Å². The Hall–Kier alpha value is -2.89. The summed E-state index contributed by atoms with van der Waals surface area (Å²) in [6, 6.07) is 9.30. The molecular weight excluding hydrogens is 316 g/mol. The molecule has 0 unspecified atom stereocenters. The van der Waals surface area contributed by atoms with Gasteiger partial charge in [0.15, 0.2) is 5.65 Å². The lowest BCUT2D eigenvalue weighted by molar-refractivity contribution is 0.0951. The molecule has 0 bridgehead atoms. The fourth-order valence-corrected chi connectivity index (χ4v) is 3.40. The number of benzene rings is 1. The van der Waals surface area contributed by atoms with E-state index in [4.69, 9.17) is 0 Å². The zero-order valence-electron chi connectivity index (χ0n) is 13.9. The summed E-state index contributed by atoms with van der Waals surface area (Å²) in [7, 11) is 0. The monoisotopic (exact) mass is 336 g/mol. The Morgan fingerprint density at radius 2 is 1.96 bits per heavy atom. The Morgan fingerprint density at radius 1 is 1.16 bits per heavy atom. The lowest BCUT2D eigenvalue weighted by Gasteiger charge is -2.17. The molecule has 1 amide bonds. The Labute approximate surface area is 145 Å². The first-order valence-corrected chi connectivity index (χ1v) is 8.64. The van der Waals surface area contributed by atoms with Gasteiger partial charge in [0.2, 0.25) is 0 Å². The molecule has 1 aliphatic rings. The summed E-state index contributed by atoms with van der Waals surface area (Å²) in [5.41, 5.74) is 3.48. The second-order valence-electron chi connectivity index (χ2n) is 6.40. The number of aromatic nitrogens is 3. The number of nitrogens with zero attached hydrogens (tertiary/aromatic N) is 3. The Bertz CT molecular complexity index is 932. The highest BCUT2D eigenvalue weighted by Gasteiger charge is 2.17. The van der Waals surface area contributed by atoms with E-state index in [0.29, 0.717) is 18.5 Å². The second-order valence-corrected chi connectivity index (χ2v) is 6.40. The Morgan fingerprint density at radius 3 is 2.80 bits per heavy atom. The van der Waals surface area contributed by atoms with Crippen molar-refractivity contribution >= 4 is 11.6 Å². The van der Waals surface area contributed by atoms with Crippen molar-refractivity contribution in [2.45, 2.75) is 32.1 Å². The van der Waals surface area contributed by atoms with Crippen LogP contribution in [-0.4, -0.2) is 32.2 Å². The van der Waals surface area contributed by atoms with Gasteiger partial charge in [-0.2, -0.15) is 0 Å². The molecule has 1 aromatic carbocycles. The molecule has 0 spiro atoms. The smallest absolute Gasteiger partial charge is 0.255 e. The van der Waals surface area contributed by atoms with Gasteiger partial charge in [-0.1, -0.05) is 6.07 Å². The molecule has 1 aliphatic carbocycles. The van der Waals surface area contributed by atoms with Crippen LogP contribution in [0.25, 0.3) is 5.65 Å². The van der Waals surface area contributed by atoms with Crippen LogP contribution in [0.2, 0.25) is 0 Å². The number of hydrogen-bond donors (Lipinski definition) is 2. The third kappa shape index (κ3) is 3.07. The summed E-state index contributed by atoms with van der Waals surface area (Å²) in [5.74, 6) is 0.608. The van der Waals surface area contributed by atoms with E-state index in [2.05, 4.69) is 15.5 Å². The van der Waals surface area contributed by atoms with Crippen LogP contribution in [0.3, 0.4) is 0 Å². The van der Waals surface area contributed by atoms with Gasteiger partial charge in [0.05, 0.1) is 5.56 Å². The van der Waals surface area contributed by atoms with Crippen LogP contribution in [0.15, 0.2) is 36.5 Å². The summed E-state index contributed by atoms with van der Waals surface area (Å²) in [6.07, 6.45) is 6.71. The van der Waals surface area contributed by atoms with E-state index < -0.39 is 0 Å². The number of phenolic OH excluding ortho intramolecular Hbond substituents is 1. The van der Waals surface area contributed by atoms with Crippen molar-refractivity contribution in [1.82, 2.24) is 19.9 Å². The number of carbonyl (C=O) groups excluding carboxylic acids is 1. The van der Waals surface area contributed by atoms with Crippen molar-refractivity contribution in [2.75, 3.05) is 6.54 Å². The fourth-order valence-electron chi connectivity index (χ4n) is 3.40. The molecule has 3 aromatic rings. The second kappa shape index (κ2) is 6.55. The first kappa shape index (κ1) is 15.6. The average molecular weight is 336 g/mol. The highest BCUT2D eigenvalue weighted by atomic mass is 16.3. The number of aryl methyl sites for hydroxylation is 2. The minimum absolute atomic E-state index is 0.0612. The summed E-state index contributed by atoms with van der Waals surface area (Å²) < 4.78 is 1.91. The van der Waals surface area contributed by atoms with Crippen molar-refractivity contribution in [2.24, 2.45) is 0 Å². The van der Waals surface area contributed by atoms with Gasteiger partial charge < -0.3 is 10.4 Å². The van der Waals surface area contributed by atoms with Crippen LogP contribution in [-0.2, 0) is 19.3 Å². The van der Waals surface area contributed by atoms with Crippen molar-refractivity contribution in [3.8, 4) is 5.75 Å².